The van der Waals surface area contributed by atoms with E-state index in [4.69, 9.17) is 4.74 Å². The van der Waals surface area contributed by atoms with Crippen molar-refractivity contribution >= 4 is 5.82 Å². The Balaban J connectivity index is 2.44. The van der Waals surface area contributed by atoms with Crippen LogP contribution in [0.3, 0.4) is 0 Å². The lowest BCUT2D eigenvalue weighted by molar-refractivity contribution is 0.387. The molecule has 20 heavy (non-hydrogen) atoms. The predicted molar refractivity (Wildman–Crippen MR) is 77.5 cm³/mol. The fourth-order valence-electron chi connectivity index (χ4n) is 1.92. The summed E-state index contributed by atoms with van der Waals surface area (Å²) in [6.07, 6.45) is 0.992. The van der Waals surface area contributed by atoms with Crippen LogP contribution >= 0.6 is 0 Å². The minimum Gasteiger partial charge on any atom is -0.494 e. The molecule has 0 bridgehead atoms. The number of benzene rings is 1. The summed E-state index contributed by atoms with van der Waals surface area (Å²) in [7, 11) is 1.45. The second-order valence-corrected chi connectivity index (χ2v) is 4.43. The highest BCUT2D eigenvalue weighted by molar-refractivity contribution is 5.65. The third-order valence-electron chi connectivity index (χ3n) is 2.85. The minimum absolute atomic E-state index is 0.210. The van der Waals surface area contributed by atoms with Gasteiger partial charge < -0.3 is 10.1 Å². The molecule has 0 saturated heterocycles. The molecule has 0 fully saturated rings. The van der Waals surface area contributed by atoms with Gasteiger partial charge in [0.25, 0.3) is 0 Å². The van der Waals surface area contributed by atoms with Gasteiger partial charge in [0.15, 0.2) is 11.6 Å². The van der Waals surface area contributed by atoms with E-state index < -0.39 is 5.82 Å². The highest BCUT2D eigenvalue weighted by atomic mass is 19.1. The van der Waals surface area contributed by atoms with E-state index in [9.17, 15) is 4.39 Å². The average molecular weight is 275 g/mol. The number of halogens is 1. The molecule has 1 heterocycles. The number of hydrogen-bond donors (Lipinski definition) is 1. The normalized spacial score (nSPS) is 10.4. The van der Waals surface area contributed by atoms with Gasteiger partial charge in [0.05, 0.1) is 12.8 Å². The Labute approximate surface area is 118 Å². The molecular formula is C15H18FN3O. The molecular weight excluding hydrogens is 257 g/mol. The zero-order valence-electron chi connectivity index (χ0n) is 11.9. The van der Waals surface area contributed by atoms with E-state index >= 15 is 0 Å². The molecule has 1 aromatic heterocycles. The molecule has 1 N–H and O–H groups in total. The predicted octanol–water partition coefficient (Wildman–Crippen LogP) is 3.42. The smallest absolute Gasteiger partial charge is 0.174 e. The Kier molecular flexibility index (Phi) is 4.50. The van der Waals surface area contributed by atoms with Gasteiger partial charge in [-0.2, -0.15) is 0 Å². The number of ether oxygens (including phenoxy) is 1. The van der Waals surface area contributed by atoms with Crippen molar-refractivity contribution in [1.82, 2.24) is 9.97 Å². The molecule has 0 aliphatic heterocycles. The molecule has 1 aromatic carbocycles. The first-order valence-corrected chi connectivity index (χ1v) is 6.58. The minimum atomic E-state index is -0.408. The van der Waals surface area contributed by atoms with Crippen LogP contribution in [-0.2, 0) is 0 Å². The van der Waals surface area contributed by atoms with Crippen molar-refractivity contribution in [2.75, 3.05) is 19.0 Å². The van der Waals surface area contributed by atoms with Crippen molar-refractivity contribution < 1.29 is 9.13 Å². The average Bonchev–Trinajstić information content (AvgIpc) is 2.44. The molecule has 0 spiro atoms. The summed E-state index contributed by atoms with van der Waals surface area (Å²) in [5.41, 5.74) is 0.960. The van der Waals surface area contributed by atoms with Crippen LogP contribution in [0.2, 0.25) is 0 Å². The van der Waals surface area contributed by atoms with Crippen molar-refractivity contribution in [2.45, 2.75) is 20.3 Å². The number of hydrogen-bond acceptors (Lipinski definition) is 4. The summed E-state index contributed by atoms with van der Waals surface area (Å²) < 4.78 is 19.3. The maximum absolute atomic E-state index is 14.3. The highest BCUT2D eigenvalue weighted by Gasteiger charge is 2.13. The van der Waals surface area contributed by atoms with Gasteiger partial charge in [0, 0.05) is 18.2 Å². The Morgan fingerprint density at radius 3 is 2.80 bits per heavy atom. The summed E-state index contributed by atoms with van der Waals surface area (Å²) in [5, 5.41) is 3.19. The van der Waals surface area contributed by atoms with Gasteiger partial charge >= 0.3 is 0 Å². The van der Waals surface area contributed by atoms with E-state index in [0.29, 0.717) is 22.9 Å². The molecule has 4 nitrogen and oxygen atoms in total. The lowest BCUT2D eigenvalue weighted by atomic mass is 10.1. The Hall–Kier alpha value is -2.17. The Morgan fingerprint density at radius 1 is 1.30 bits per heavy atom. The summed E-state index contributed by atoms with van der Waals surface area (Å²) in [4.78, 5) is 8.59. The summed E-state index contributed by atoms with van der Waals surface area (Å²) >= 11 is 0. The van der Waals surface area contributed by atoms with Crippen LogP contribution in [0, 0.1) is 12.7 Å². The lowest BCUT2D eigenvalue weighted by Crippen LogP contribution is -2.04. The standard InChI is InChI=1S/C15H18FN3O/c1-4-8-17-14-9-12(18-10(2)19-14)11-6-5-7-13(20-3)15(11)16/h5-7,9H,4,8H2,1-3H3,(H,17,18,19). The third kappa shape index (κ3) is 3.04. The van der Waals surface area contributed by atoms with Crippen LogP contribution in [0.4, 0.5) is 10.2 Å². The molecule has 106 valence electrons. The van der Waals surface area contributed by atoms with E-state index in [0.717, 1.165) is 13.0 Å². The van der Waals surface area contributed by atoms with E-state index in [-0.39, 0.29) is 5.75 Å². The van der Waals surface area contributed by atoms with Gasteiger partial charge in [-0.15, -0.1) is 0 Å². The Morgan fingerprint density at radius 2 is 2.10 bits per heavy atom. The molecule has 5 heteroatoms. The quantitative estimate of drug-likeness (QED) is 0.908. The fraction of sp³-hybridized carbons (Fsp3) is 0.333. The largest absolute Gasteiger partial charge is 0.494 e. The maximum atomic E-state index is 14.3. The first-order chi connectivity index (χ1) is 9.65. The molecule has 0 aliphatic rings. The number of nitrogens with one attached hydrogen (secondary N) is 1. The lowest BCUT2D eigenvalue weighted by Gasteiger charge is -2.10. The Bertz CT molecular complexity index is 602. The number of methoxy groups -OCH3 is 1. The number of anilines is 1. The first-order valence-electron chi connectivity index (χ1n) is 6.58. The topological polar surface area (TPSA) is 47.0 Å². The summed E-state index contributed by atoms with van der Waals surface area (Å²) in [6, 6.07) is 6.76. The van der Waals surface area contributed by atoms with Crippen molar-refractivity contribution in [3.05, 3.63) is 35.9 Å². The van der Waals surface area contributed by atoms with Crippen LogP contribution in [-0.4, -0.2) is 23.6 Å². The van der Waals surface area contributed by atoms with Crippen LogP contribution in [0.1, 0.15) is 19.2 Å². The molecule has 2 rings (SSSR count). The molecule has 0 saturated carbocycles. The maximum Gasteiger partial charge on any atom is 0.174 e. The first kappa shape index (κ1) is 14.2. The monoisotopic (exact) mass is 275 g/mol. The van der Waals surface area contributed by atoms with E-state index in [2.05, 4.69) is 22.2 Å². The molecule has 0 atom stereocenters. The zero-order chi connectivity index (χ0) is 14.5. The fourth-order valence-corrected chi connectivity index (χ4v) is 1.92. The van der Waals surface area contributed by atoms with Crippen LogP contribution in [0.15, 0.2) is 24.3 Å². The van der Waals surface area contributed by atoms with Crippen molar-refractivity contribution in [3.8, 4) is 17.0 Å². The van der Waals surface area contributed by atoms with E-state index in [1.165, 1.54) is 7.11 Å². The molecule has 0 amide bonds. The molecule has 2 aromatic rings. The van der Waals surface area contributed by atoms with Gasteiger partial charge in [-0.3, -0.25) is 0 Å². The number of nitrogens with zero attached hydrogens (tertiary/aromatic N) is 2. The van der Waals surface area contributed by atoms with E-state index in [1.807, 2.05) is 0 Å². The second kappa shape index (κ2) is 6.32. The van der Waals surface area contributed by atoms with E-state index in [1.54, 1.807) is 31.2 Å². The third-order valence-corrected chi connectivity index (χ3v) is 2.85. The molecule has 0 unspecified atom stereocenters. The van der Waals surface area contributed by atoms with Crippen molar-refractivity contribution in [3.63, 3.8) is 0 Å². The molecule has 0 radical (unpaired) electrons. The van der Waals surface area contributed by atoms with Crippen molar-refractivity contribution in [2.24, 2.45) is 0 Å². The molecule has 0 aliphatic carbocycles. The van der Waals surface area contributed by atoms with Crippen molar-refractivity contribution in [1.29, 1.82) is 0 Å². The van der Waals surface area contributed by atoms with Gasteiger partial charge in [-0.1, -0.05) is 13.0 Å². The zero-order valence-corrected chi connectivity index (χ0v) is 11.9. The SMILES string of the molecule is CCCNc1cc(-c2cccc(OC)c2F)nc(C)n1. The van der Waals surface area contributed by atoms with Gasteiger partial charge in [0.2, 0.25) is 0 Å². The van der Waals surface area contributed by atoms with Gasteiger partial charge in [-0.25, -0.2) is 14.4 Å². The van der Waals surface area contributed by atoms with Crippen LogP contribution in [0.5, 0.6) is 5.75 Å². The van der Waals surface area contributed by atoms with Crippen LogP contribution in [0.25, 0.3) is 11.3 Å². The highest BCUT2D eigenvalue weighted by Crippen LogP contribution is 2.28. The van der Waals surface area contributed by atoms with Gasteiger partial charge in [-0.05, 0) is 25.5 Å². The second-order valence-electron chi connectivity index (χ2n) is 4.43. The van der Waals surface area contributed by atoms with Gasteiger partial charge in [0.1, 0.15) is 11.6 Å². The number of aryl methyl sites for hydroxylation is 1. The van der Waals surface area contributed by atoms with Crippen LogP contribution < -0.4 is 10.1 Å². The summed E-state index contributed by atoms with van der Waals surface area (Å²) in [6.45, 7) is 4.68. The summed E-state index contributed by atoms with van der Waals surface area (Å²) in [5.74, 6) is 1.11. The number of rotatable bonds is 5. The number of aromatic nitrogens is 2.